The fourth-order valence-corrected chi connectivity index (χ4v) is 2.60. The van der Waals surface area contributed by atoms with Gasteiger partial charge >= 0.3 is 0 Å². The molecule has 0 unspecified atom stereocenters. The first-order valence-corrected chi connectivity index (χ1v) is 7.16. The molecule has 1 aromatic carbocycles. The molecule has 1 heterocycles. The van der Waals surface area contributed by atoms with E-state index in [1.807, 2.05) is 0 Å². The smallest absolute Gasteiger partial charge is 0.241 e. The van der Waals surface area contributed by atoms with E-state index in [9.17, 15) is 12.8 Å². The Morgan fingerprint density at radius 2 is 2.05 bits per heavy atom. The van der Waals surface area contributed by atoms with Crippen LogP contribution in [0.2, 0.25) is 0 Å². The Kier molecular flexibility index (Phi) is 4.28. The average molecular weight is 296 g/mol. The number of aromatic nitrogens is 1. The number of pyridine rings is 1. The lowest BCUT2D eigenvalue weighted by Gasteiger charge is -2.08. The minimum Gasteiger partial charge on any atom is -0.308 e. The molecule has 0 atom stereocenters. The number of nitrogen functional groups attached to an aromatic ring is 1. The van der Waals surface area contributed by atoms with E-state index in [0.29, 0.717) is 5.56 Å². The number of anilines is 1. The number of halogens is 1. The van der Waals surface area contributed by atoms with E-state index >= 15 is 0 Å². The van der Waals surface area contributed by atoms with Crippen molar-refractivity contribution in [1.82, 2.24) is 9.71 Å². The number of hydrogen-bond acceptors (Lipinski definition) is 5. The van der Waals surface area contributed by atoms with Gasteiger partial charge in [0.15, 0.2) is 0 Å². The standard InChI is InChI=1S/C12H13FN4O2S/c13-10-3-1-2-9(6-10)8-16-20(18,19)11-4-5-15-12(7-11)17-14/h1-7,16H,8,14H2,(H,15,17). The zero-order valence-electron chi connectivity index (χ0n) is 10.4. The first kappa shape index (κ1) is 14.4. The van der Waals surface area contributed by atoms with E-state index in [4.69, 9.17) is 5.84 Å². The van der Waals surface area contributed by atoms with E-state index in [0.717, 1.165) is 0 Å². The Bertz CT molecular complexity index is 706. The molecule has 0 fully saturated rings. The van der Waals surface area contributed by atoms with Crippen LogP contribution in [0.1, 0.15) is 5.56 Å². The summed E-state index contributed by atoms with van der Waals surface area (Å²) in [5, 5.41) is 0. The van der Waals surface area contributed by atoms with Crippen molar-refractivity contribution < 1.29 is 12.8 Å². The van der Waals surface area contributed by atoms with Gasteiger partial charge in [-0.2, -0.15) is 0 Å². The number of sulfonamides is 1. The number of hydrazine groups is 1. The molecule has 106 valence electrons. The second-order valence-electron chi connectivity index (χ2n) is 3.98. The molecule has 0 radical (unpaired) electrons. The van der Waals surface area contributed by atoms with Crippen molar-refractivity contribution >= 4 is 15.8 Å². The van der Waals surface area contributed by atoms with Crippen LogP contribution in [-0.4, -0.2) is 13.4 Å². The van der Waals surface area contributed by atoms with Crippen molar-refractivity contribution in [2.24, 2.45) is 5.84 Å². The average Bonchev–Trinajstić information content (AvgIpc) is 2.45. The third kappa shape index (κ3) is 3.50. The van der Waals surface area contributed by atoms with E-state index in [1.165, 1.54) is 36.5 Å². The van der Waals surface area contributed by atoms with E-state index < -0.39 is 15.8 Å². The van der Waals surface area contributed by atoms with Gasteiger partial charge in [0.25, 0.3) is 0 Å². The summed E-state index contributed by atoms with van der Waals surface area (Å²) in [5.74, 6) is 4.99. The third-order valence-corrected chi connectivity index (χ3v) is 3.94. The summed E-state index contributed by atoms with van der Waals surface area (Å²) < 4.78 is 39.5. The number of benzene rings is 1. The Labute approximate surface area is 115 Å². The summed E-state index contributed by atoms with van der Waals surface area (Å²) in [5.41, 5.74) is 2.80. The van der Waals surface area contributed by atoms with Crippen molar-refractivity contribution in [3.05, 3.63) is 54.0 Å². The Morgan fingerprint density at radius 3 is 2.75 bits per heavy atom. The monoisotopic (exact) mass is 296 g/mol. The van der Waals surface area contributed by atoms with Crippen LogP contribution >= 0.6 is 0 Å². The lowest BCUT2D eigenvalue weighted by molar-refractivity contribution is 0.580. The third-order valence-electron chi connectivity index (χ3n) is 2.54. The first-order chi connectivity index (χ1) is 9.51. The van der Waals surface area contributed by atoms with E-state index in [1.54, 1.807) is 6.07 Å². The molecule has 0 spiro atoms. The van der Waals surface area contributed by atoms with Crippen LogP contribution in [0, 0.1) is 5.82 Å². The van der Waals surface area contributed by atoms with Gasteiger partial charge < -0.3 is 5.43 Å². The summed E-state index contributed by atoms with van der Waals surface area (Å²) in [4.78, 5) is 3.85. The Balaban J connectivity index is 2.15. The highest BCUT2D eigenvalue weighted by molar-refractivity contribution is 7.89. The SMILES string of the molecule is NNc1cc(S(=O)(=O)NCc2cccc(F)c2)ccn1. The molecule has 0 aliphatic rings. The molecule has 2 aromatic rings. The van der Waals surface area contributed by atoms with E-state index in [-0.39, 0.29) is 17.3 Å². The molecule has 6 nitrogen and oxygen atoms in total. The Morgan fingerprint density at radius 1 is 1.25 bits per heavy atom. The van der Waals surface area contributed by atoms with Gasteiger partial charge in [-0.25, -0.2) is 28.4 Å². The van der Waals surface area contributed by atoms with Gasteiger partial charge in [-0.3, -0.25) is 0 Å². The molecule has 0 saturated heterocycles. The zero-order chi connectivity index (χ0) is 14.6. The highest BCUT2D eigenvalue weighted by Gasteiger charge is 2.14. The van der Waals surface area contributed by atoms with Crippen molar-refractivity contribution in [3.63, 3.8) is 0 Å². The summed E-state index contributed by atoms with van der Waals surface area (Å²) in [7, 11) is -3.71. The topological polar surface area (TPSA) is 97.1 Å². The molecule has 4 N–H and O–H groups in total. The highest BCUT2D eigenvalue weighted by Crippen LogP contribution is 2.12. The normalized spacial score (nSPS) is 11.3. The molecule has 0 aliphatic heterocycles. The van der Waals surface area contributed by atoms with Crippen molar-refractivity contribution in [2.45, 2.75) is 11.4 Å². The number of hydrogen-bond donors (Lipinski definition) is 3. The van der Waals surface area contributed by atoms with Crippen LogP contribution < -0.4 is 16.0 Å². The lowest BCUT2D eigenvalue weighted by atomic mass is 10.2. The highest BCUT2D eigenvalue weighted by atomic mass is 32.2. The molecule has 0 bridgehead atoms. The predicted molar refractivity (Wildman–Crippen MR) is 72.5 cm³/mol. The van der Waals surface area contributed by atoms with Gasteiger partial charge in [0, 0.05) is 18.8 Å². The number of nitrogens with two attached hydrogens (primary N) is 1. The summed E-state index contributed by atoms with van der Waals surface area (Å²) in [6.07, 6.45) is 1.33. The summed E-state index contributed by atoms with van der Waals surface area (Å²) in [6, 6.07) is 8.34. The molecule has 0 saturated carbocycles. The fraction of sp³-hybridized carbons (Fsp3) is 0.0833. The van der Waals surface area contributed by atoms with Crippen LogP contribution in [0.15, 0.2) is 47.5 Å². The minimum absolute atomic E-state index is 0.00615. The van der Waals surface area contributed by atoms with Gasteiger partial charge in [-0.05, 0) is 23.8 Å². The molecule has 1 aromatic heterocycles. The van der Waals surface area contributed by atoms with Crippen LogP contribution in [-0.2, 0) is 16.6 Å². The maximum atomic E-state index is 13.0. The molecule has 0 amide bonds. The minimum atomic E-state index is -3.71. The van der Waals surface area contributed by atoms with Crippen LogP contribution in [0.5, 0.6) is 0 Å². The maximum Gasteiger partial charge on any atom is 0.241 e. The quantitative estimate of drug-likeness (QED) is 0.564. The fourth-order valence-electron chi connectivity index (χ4n) is 1.57. The van der Waals surface area contributed by atoms with Crippen molar-refractivity contribution in [3.8, 4) is 0 Å². The van der Waals surface area contributed by atoms with Gasteiger partial charge in [-0.1, -0.05) is 12.1 Å². The lowest BCUT2D eigenvalue weighted by Crippen LogP contribution is -2.23. The van der Waals surface area contributed by atoms with Crippen LogP contribution in [0.3, 0.4) is 0 Å². The van der Waals surface area contributed by atoms with Gasteiger partial charge in [0.05, 0.1) is 4.90 Å². The van der Waals surface area contributed by atoms with Crippen molar-refractivity contribution in [1.29, 1.82) is 0 Å². The predicted octanol–water partition coefficient (Wildman–Crippen LogP) is 0.985. The summed E-state index contributed by atoms with van der Waals surface area (Å²) in [6.45, 7) is -0.00615. The van der Waals surface area contributed by atoms with Gasteiger partial charge in [0.1, 0.15) is 11.6 Å². The molecule has 20 heavy (non-hydrogen) atoms. The second kappa shape index (κ2) is 5.95. The molecular weight excluding hydrogens is 283 g/mol. The molecule has 0 aliphatic carbocycles. The maximum absolute atomic E-state index is 13.0. The van der Waals surface area contributed by atoms with Crippen molar-refractivity contribution in [2.75, 3.05) is 5.43 Å². The number of nitrogens with zero attached hydrogens (tertiary/aromatic N) is 1. The zero-order valence-corrected chi connectivity index (χ0v) is 11.2. The van der Waals surface area contributed by atoms with Crippen LogP contribution in [0.4, 0.5) is 10.2 Å². The number of rotatable bonds is 5. The van der Waals surface area contributed by atoms with Gasteiger partial charge in [-0.15, -0.1) is 0 Å². The molecule has 8 heteroatoms. The van der Waals surface area contributed by atoms with Gasteiger partial charge in [0.2, 0.25) is 10.0 Å². The van der Waals surface area contributed by atoms with Crippen LogP contribution in [0.25, 0.3) is 0 Å². The second-order valence-corrected chi connectivity index (χ2v) is 5.74. The number of nitrogens with one attached hydrogen (secondary N) is 2. The molecular formula is C12H13FN4O2S. The first-order valence-electron chi connectivity index (χ1n) is 5.68. The summed E-state index contributed by atoms with van der Waals surface area (Å²) >= 11 is 0. The molecule has 2 rings (SSSR count). The Hall–Kier alpha value is -2.03. The van der Waals surface area contributed by atoms with E-state index in [2.05, 4.69) is 15.1 Å². The largest absolute Gasteiger partial charge is 0.308 e.